The molecule has 0 spiro atoms. The Morgan fingerprint density at radius 1 is 0.861 bits per heavy atom. The van der Waals surface area contributed by atoms with E-state index in [1.807, 2.05) is 72.8 Å². The van der Waals surface area contributed by atoms with Gasteiger partial charge in [0.25, 0.3) is 0 Å². The number of ether oxygens (including phenoxy) is 2. The summed E-state index contributed by atoms with van der Waals surface area (Å²) in [4.78, 5) is 23.7. The molecule has 6 nitrogen and oxygen atoms in total. The summed E-state index contributed by atoms with van der Waals surface area (Å²) in [5, 5.41) is 4.90. The van der Waals surface area contributed by atoms with E-state index in [-0.39, 0.29) is 31.3 Å². The number of nitrogens with two attached hydrogens (primary N) is 1. The second kappa shape index (κ2) is 12.7. The number of halogens is 1. The van der Waals surface area contributed by atoms with E-state index in [1.165, 1.54) is 7.11 Å². The molecule has 7 heteroatoms. The minimum atomic E-state index is -0.516. The molecule has 1 atom stereocenters. The van der Waals surface area contributed by atoms with Crippen LogP contribution in [0.5, 0.6) is 5.75 Å². The number of fused-ring (bicyclic) bond motifs is 1. The van der Waals surface area contributed by atoms with Gasteiger partial charge in [-0.2, -0.15) is 0 Å². The van der Waals surface area contributed by atoms with Crippen LogP contribution < -0.4 is 15.8 Å². The van der Waals surface area contributed by atoms with Crippen molar-refractivity contribution in [3.05, 3.63) is 102 Å². The van der Waals surface area contributed by atoms with Gasteiger partial charge in [0, 0.05) is 5.39 Å². The van der Waals surface area contributed by atoms with Crippen molar-refractivity contribution in [1.82, 2.24) is 5.32 Å². The Kier molecular flexibility index (Phi) is 9.45. The Morgan fingerprint density at radius 2 is 1.53 bits per heavy atom. The highest BCUT2D eigenvalue weighted by Gasteiger charge is 2.19. The molecule has 0 aliphatic rings. The minimum absolute atomic E-state index is 0. The van der Waals surface area contributed by atoms with Gasteiger partial charge in [0.05, 0.1) is 26.1 Å². The van der Waals surface area contributed by atoms with Crippen molar-refractivity contribution in [1.29, 1.82) is 0 Å². The summed E-state index contributed by atoms with van der Waals surface area (Å²) in [5.41, 5.74) is 9.43. The van der Waals surface area contributed by atoms with Crippen molar-refractivity contribution in [2.75, 3.05) is 13.7 Å². The lowest BCUT2D eigenvalue weighted by Gasteiger charge is -2.18. The quantitative estimate of drug-likeness (QED) is 0.306. The Balaban J connectivity index is 0.00000361. The van der Waals surface area contributed by atoms with Crippen molar-refractivity contribution in [3.8, 4) is 16.9 Å². The Labute approximate surface area is 216 Å². The van der Waals surface area contributed by atoms with Crippen molar-refractivity contribution >= 4 is 35.1 Å². The third kappa shape index (κ3) is 6.42. The number of carbonyl (C=O) groups excluding carboxylic acids is 2. The fraction of sp³-hybridized carbons (Fsp3) is 0.172. The molecule has 1 amide bonds. The van der Waals surface area contributed by atoms with Gasteiger partial charge in [-0.3, -0.25) is 9.59 Å². The van der Waals surface area contributed by atoms with E-state index in [0.29, 0.717) is 6.61 Å². The van der Waals surface area contributed by atoms with Gasteiger partial charge >= 0.3 is 5.97 Å². The highest BCUT2D eigenvalue weighted by Crippen LogP contribution is 2.35. The zero-order valence-electron chi connectivity index (χ0n) is 20.0. The van der Waals surface area contributed by atoms with Crippen molar-refractivity contribution in [2.45, 2.75) is 19.1 Å². The smallest absolute Gasteiger partial charge is 0.307 e. The average Bonchev–Trinajstić information content (AvgIpc) is 2.91. The Morgan fingerprint density at radius 3 is 2.19 bits per heavy atom. The van der Waals surface area contributed by atoms with Gasteiger partial charge in [0.15, 0.2) is 0 Å². The molecule has 0 aliphatic heterocycles. The van der Waals surface area contributed by atoms with Crippen molar-refractivity contribution in [3.63, 3.8) is 0 Å². The third-order valence-electron chi connectivity index (χ3n) is 5.86. The van der Waals surface area contributed by atoms with E-state index in [4.69, 9.17) is 15.2 Å². The first-order valence-corrected chi connectivity index (χ1v) is 11.4. The van der Waals surface area contributed by atoms with Crippen LogP contribution in [0, 0.1) is 0 Å². The van der Waals surface area contributed by atoms with Crippen LogP contribution in [0.15, 0.2) is 91.0 Å². The molecule has 0 fully saturated rings. The minimum Gasteiger partial charge on any atom is -0.488 e. The molecule has 186 valence electrons. The maximum atomic E-state index is 11.9. The zero-order valence-corrected chi connectivity index (χ0v) is 20.8. The van der Waals surface area contributed by atoms with Crippen LogP contribution in [0.25, 0.3) is 21.9 Å². The maximum absolute atomic E-state index is 11.9. The third-order valence-corrected chi connectivity index (χ3v) is 5.86. The molecule has 3 N–H and O–H groups in total. The van der Waals surface area contributed by atoms with Crippen molar-refractivity contribution < 1.29 is 19.1 Å². The predicted molar refractivity (Wildman–Crippen MR) is 144 cm³/mol. The lowest BCUT2D eigenvalue weighted by molar-refractivity contribution is -0.141. The number of hydrogen-bond acceptors (Lipinski definition) is 5. The number of benzene rings is 4. The summed E-state index contributed by atoms with van der Waals surface area (Å²) >= 11 is 0. The largest absolute Gasteiger partial charge is 0.488 e. The van der Waals surface area contributed by atoms with E-state index in [9.17, 15) is 9.59 Å². The Bertz CT molecular complexity index is 1290. The molecule has 0 radical (unpaired) electrons. The van der Waals surface area contributed by atoms with Crippen LogP contribution >= 0.6 is 12.4 Å². The van der Waals surface area contributed by atoms with Crippen LogP contribution in [0.2, 0.25) is 0 Å². The molecular weight excluding hydrogens is 476 g/mol. The summed E-state index contributed by atoms with van der Waals surface area (Å²) < 4.78 is 10.9. The van der Waals surface area contributed by atoms with Crippen LogP contribution in [0.3, 0.4) is 0 Å². The summed E-state index contributed by atoms with van der Waals surface area (Å²) in [6.07, 6.45) is 0.0258. The number of nitrogens with one attached hydrogen (secondary N) is 1. The lowest BCUT2D eigenvalue weighted by atomic mass is 9.95. The highest BCUT2D eigenvalue weighted by atomic mass is 35.5. The van der Waals surface area contributed by atoms with E-state index in [2.05, 4.69) is 23.5 Å². The van der Waals surface area contributed by atoms with E-state index >= 15 is 0 Å². The molecule has 4 rings (SSSR count). The van der Waals surface area contributed by atoms with Gasteiger partial charge in [-0.1, -0.05) is 84.9 Å². The summed E-state index contributed by atoms with van der Waals surface area (Å²) in [6.45, 7) is 0.343. The first-order chi connectivity index (χ1) is 17.1. The van der Waals surface area contributed by atoms with Gasteiger partial charge in [0.2, 0.25) is 5.91 Å². The van der Waals surface area contributed by atoms with Gasteiger partial charge in [-0.05, 0) is 33.7 Å². The van der Waals surface area contributed by atoms with Crippen LogP contribution in [0.1, 0.15) is 23.6 Å². The zero-order chi connectivity index (χ0) is 24.6. The molecule has 0 aromatic heterocycles. The highest BCUT2D eigenvalue weighted by molar-refractivity contribution is 6.00. The van der Waals surface area contributed by atoms with Crippen molar-refractivity contribution in [2.24, 2.45) is 5.73 Å². The second-order valence-electron chi connectivity index (χ2n) is 8.16. The van der Waals surface area contributed by atoms with Gasteiger partial charge in [-0.25, -0.2) is 0 Å². The molecule has 0 heterocycles. The second-order valence-corrected chi connectivity index (χ2v) is 8.16. The van der Waals surface area contributed by atoms with Crippen LogP contribution in [0.4, 0.5) is 0 Å². The number of carbonyl (C=O) groups is 2. The topological polar surface area (TPSA) is 90.7 Å². The average molecular weight is 505 g/mol. The fourth-order valence-corrected chi connectivity index (χ4v) is 4.03. The molecule has 0 saturated heterocycles. The van der Waals surface area contributed by atoms with Crippen LogP contribution in [-0.4, -0.2) is 25.5 Å². The van der Waals surface area contributed by atoms with Gasteiger partial charge < -0.3 is 20.5 Å². The molecule has 4 aromatic rings. The maximum Gasteiger partial charge on any atom is 0.307 e. The number of rotatable bonds is 9. The van der Waals surface area contributed by atoms with Crippen LogP contribution in [-0.2, 0) is 20.9 Å². The number of hydrogen-bond donors (Lipinski definition) is 2. The predicted octanol–water partition coefficient (Wildman–Crippen LogP) is 5.19. The summed E-state index contributed by atoms with van der Waals surface area (Å²) in [7, 11) is 1.32. The first-order valence-electron chi connectivity index (χ1n) is 11.4. The molecule has 0 aliphatic carbocycles. The Hall–Kier alpha value is -3.87. The lowest BCUT2D eigenvalue weighted by Crippen LogP contribution is -2.35. The standard InChI is InChI=1S/C29H28N2O4.ClH/c1-34-29(33)17-26(31-28(32)18-30)22-13-11-21(12-14-22)23-15-16-27(25-10-6-5-9-24(23)25)35-19-20-7-3-2-4-8-20;/h2-16,26H,17-19,30H2,1H3,(H,31,32);1H/t26-;/m0./s1. The van der Waals surface area contributed by atoms with E-state index in [0.717, 1.165) is 38.8 Å². The summed E-state index contributed by atoms with van der Waals surface area (Å²) in [5.74, 6) is 0.0843. The first kappa shape index (κ1) is 26.7. The molecular formula is C29H29ClN2O4. The molecule has 4 aromatic carbocycles. The SMILES string of the molecule is COC(=O)C[C@H](NC(=O)CN)c1ccc(-c2ccc(OCc3ccccc3)c3ccccc23)cc1.Cl. The van der Waals surface area contributed by atoms with E-state index < -0.39 is 12.0 Å². The molecule has 0 unspecified atom stereocenters. The van der Waals surface area contributed by atoms with Gasteiger partial charge in [0.1, 0.15) is 12.4 Å². The number of amides is 1. The molecule has 0 bridgehead atoms. The van der Waals surface area contributed by atoms with E-state index in [1.54, 1.807) is 0 Å². The fourth-order valence-electron chi connectivity index (χ4n) is 4.03. The molecule has 36 heavy (non-hydrogen) atoms. The molecule has 0 saturated carbocycles. The number of methoxy groups -OCH3 is 1. The number of esters is 1. The van der Waals surface area contributed by atoms with Gasteiger partial charge in [-0.15, -0.1) is 12.4 Å². The normalized spacial score (nSPS) is 11.3. The summed E-state index contributed by atoms with van der Waals surface area (Å²) in [6, 6.07) is 29.6. The monoisotopic (exact) mass is 504 g/mol.